The molecule has 0 radical (unpaired) electrons. The molecule has 0 atom stereocenters. The van der Waals surface area contributed by atoms with Gasteiger partial charge in [-0.2, -0.15) is 8.78 Å². The van der Waals surface area contributed by atoms with Crippen LogP contribution in [0.25, 0.3) is 0 Å². The molecule has 3 nitrogen and oxygen atoms in total. The average molecular weight is 247 g/mol. The Morgan fingerprint density at radius 3 is 1.07 bits per heavy atom. The number of halogens is 2. The molecule has 0 spiro atoms. The Balaban J connectivity index is 5.62. The minimum absolute atomic E-state index is 0.444. The fourth-order valence-corrected chi connectivity index (χ4v) is 4.79. The minimum Gasteiger partial charge on any atom is -0.269 e. The zero-order valence-corrected chi connectivity index (χ0v) is 13.0. The summed E-state index contributed by atoms with van der Waals surface area (Å²) in [6.07, 6.45) is 0. The molecule has 0 amide bonds. The van der Waals surface area contributed by atoms with Crippen molar-refractivity contribution in [2.75, 3.05) is 42.3 Å². The maximum Gasteiger partial charge on any atom is 0.280 e. The maximum absolute atomic E-state index is 13.5. The number of hydrogen-bond acceptors (Lipinski definition) is 3. The van der Waals surface area contributed by atoms with Gasteiger partial charge in [0.05, 0.1) is 9.39 Å². The predicted octanol–water partition coefficient (Wildman–Crippen LogP) is -0.00820. The number of alkyl halides is 2. The summed E-state index contributed by atoms with van der Waals surface area (Å²) in [5, 5.41) is 0. The highest BCUT2D eigenvalue weighted by molar-refractivity contribution is 8.59. The van der Waals surface area contributed by atoms with Crippen molar-refractivity contribution < 1.29 is 8.78 Å². The summed E-state index contributed by atoms with van der Waals surface area (Å²) < 4.78 is 32.1. The summed E-state index contributed by atoms with van der Waals surface area (Å²) in [5.74, 6) is -2.31. The zero-order chi connectivity index (χ0) is 11.8. The van der Waals surface area contributed by atoms with Gasteiger partial charge in [0.15, 0.2) is 0 Å². The Bertz CT molecular complexity index is 168. The highest BCUT2D eigenvalue weighted by Gasteiger charge is 2.50. The third kappa shape index (κ3) is 1.51. The molecule has 0 aliphatic carbocycles. The van der Waals surface area contributed by atoms with Crippen molar-refractivity contribution in [3.8, 4) is 0 Å². The lowest BCUT2D eigenvalue weighted by Crippen LogP contribution is -2.56. The van der Waals surface area contributed by atoms with E-state index in [1.165, 1.54) is 0 Å². The quantitative estimate of drug-likeness (QED) is 0.553. The molecule has 0 bridgehead atoms. The van der Waals surface area contributed by atoms with Crippen molar-refractivity contribution in [2.45, 2.75) is 5.76 Å². The van der Waals surface area contributed by atoms with E-state index in [2.05, 4.69) is 0 Å². The molecule has 0 aromatic rings. The van der Waals surface area contributed by atoms with Crippen LogP contribution in [0.1, 0.15) is 0 Å². The first kappa shape index (κ1) is 14.3. The second-order valence-corrected chi connectivity index (χ2v) is 15.2. The van der Waals surface area contributed by atoms with Crippen LogP contribution in [0.5, 0.6) is 0 Å². The molecule has 0 N–H and O–H groups in total. The van der Waals surface area contributed by atoms with Crippen molar-refractivity contribution in [3.05, 3.63) is 0 Å². The van der Waals surface area contributed by atoms with E-state index in [1.54, 1.807) is 55.2 Å². The summed E-state index contributed by atoms with van der Waals surface area (Å²) in [4.78, 5) is 0. The molecule has 0 fully saturated rings. The summed E-state index contributed by atoms with van der Waals surface area (Å²) in [5.41, 5.74) is 0. The number of rotatable bonds is 4. The molecule has 0 saturated heterocycles. The highest BCUT2D eigenvalue weighted by Crippen LogP contribution is 2.73. The van der Waals surface area contributed by atoms with Crippen LogP contribution in [0.2, 0.25) is 0 Å². The second kappa shape index (κ2) is 4.05. The number of nitrogens with zero attached hydrogens (tertiary/aromatic N) is 3. The van der Waals surface area contributed by atoms with Gasteiger partial charge in [0.25, 0.3) is 5.76 Å². The molecular formula is C7H23F2N3SSi. The Labute approximate surface area is 88.8 Å². The van der Waals surface area contributed by atoms with Crippen LogP contribution in [0.4, 0.5) is 8.78 Å². The first-order valence-electron chi connectivity index (χ1n) is 4.43. The lowest BCUT2D eigenvalue weighted by atomic mass is 11.2. The molecular weight excluding hydrogens is 224 g/mol. The summed E-state index contributed by atoms with van der Waals surface area (Å²) in [6.45, 7) is 0. The van der Waals surface area contributed by atoms with Crippen LogP contribution in [0, 0.1) is 0 Å². The van der Waals surface area contributed by atoms with Gasteiger partial charge in [0.2, 0.25) is 0 Å². The Kier molecular flexibility index (Phi) is 4.14. The lowest BCUT2D eigenvalue weighted by Gasteiger charge is -2.71. The van der Waals surface area contributed by atoms with Gasteiger partial charge in [-0.05, 0) is 42.3 Å². The van der Waals surface area contributed by atoms with E-state index in [9.17, 15) is 8.78 Å². The van der Waals surface area contributed by atoms with Crippen molar-refractivity contribution in [1.82, 2.24) is 12.9 Å². The standard InChI is InChI=1S/C7H23F2N3SSi/c1-10(2)13(14,7(8)9,11(3)4)12(5)6/h7,13H,1-6,14H3. The summed E-state index contributed by atoms with van der Waals surface area (Å²) in [6, 6.07) is 0. The number of hydrogen-bond donors (Lipinski definition) is 1. The largest absolute Gasteiger partial charge is 0.280 e. The first-order chi connectivity index (χ1) is 6.10. The fraction of sp³-hybridized carbons (Fsp3) is 1.00. The van der Waals surface area contributed by atoms with Crippen molar-refractivity contribution >= 4 is 18.6 Å². The maximum atomic E-state index is 13.5. The highest BCUT2D eigenvalue weighted by atomic mass is 32.5. The normalized spacial score (nSPS) is 17.0. The lowest BCUT2D eigenvalue weighted by molar-refractivity contribution is 0.216. The molecule has 7 heteroatoms. The van der Waals surface area contributed by atoms with Crippen molar-refractivity contribution in [1.29, 1.82) is 0 Å². The SMILES string of the molecule is CN(C)[SH]([SiH3])(C(F)F)(N(C)C)N(C)C. The van der Waals surface area contributed by atoms with E-state index in [0.29, 0.717) is 9.39 Å². The van der Waals surface area contributed by atoms with Crippen LogP contribution >= 0.6 is 9.17 Å². The predicted molar refractivity (Wildman–Crippen MR) is 66.0 cm³/mol. The molecule has 0 unspecified atom stereocenters. The fourth-order valence-electron chi connectivity index (χ4n) is 1.60. The van der Waals surface area contributed by atoms with Gasteiger partial charge < -0.3 is 0 Å². The minimum atomic E-state index is -3.28. The van der Waals surface area contributed by atoms with Gasteiger partial charge in [-0.15, -0.1) is 9.17 Å². The van der Waals surface area contributed by atoms with Crippen LogP contribution in [-0.4, -0.2) is 70.4 Å². The van der Waals surface area contributed by atoms with Crippen LogP contribution < -0.4 is 0 Å². The van der Waals surface area contributed by atoms with Gasteiger partial charge in [-0.25, -0.2) is 0 Å². The van der Waals surface area contributed by atoms with Crippen LogP contribution in [0.15, 0.2) is 0 Å². The van der Waals surface area contributed by atoms with Gasteiger partial charge in [0, 0.05) is 0 Å². The molecule has 0 aromatic heterocycles. The molecule has 90 valence electrons. The van der Waals surface area contributed by atoms with E-state index in [0.717, 1.165) is 0 Å². The molecule has 14 heavy (non-hydrogen) atoms. The van der Waals surface area contributed by atoms with Crippen molar-refractivity contribution in [2.24, 2.45) is 0 Å². The van der Waals surface area contributed by atoms with Crippen LogP contribution in [0.3, 0.4) is 0 Å². The second-order valence-electron chi connectivity index (χ2n) is 4.29. The molecule has 0 saturated carbocycles. The molecule has 0 aromatic carbocycles. The molecule has 0 rings (SSSR count). The Morgan fingerprint density at radius 2 is 1.07 bits per heavy atom. The zero-order valence-electron chi connectivity index (χ0n) is 10.1. The monoisotopic (exact) mass is 247 g/mol. The summed E-state index contributed by atoms with van der Waals surface area (Å²) >= 11 is 0. The van der Waals surface area contributed by atoms with Gasteiger partial charge in [0.1, 0.15) is 0 Å². The molecule has 0 aliphatic rings. The van der Waals surface area contributed by atoms with Gasteiger partial charge >= 0.3 is 0 Å². The molecule has 0 aliphatic heterocycles. The van der Waals surface area contributed by atoms with E-state index in [4.69, 9.17) is 0 Å². The van der Waals surface area contributed by atoms with Gasteiger partial charge in [-0.3, -0.25) is 12.9 Å². The topological polar surface area (TPSA) is 9.72 Å². The van der Waals surface area contributed by atoms with E-state index in [-0.39, 0.29) is 0 Å². The number of thiol groups is 1. The summed E-state index contributed by atoms with van der Waals surface area (Å²) in [7, 11) is 7.64. The molecule has 0 heterocycles. The average Bonchev–Trinajstić information content (AvgIpc) is 2.00. The van der Waals surface area contributed by atoms with E-state index < -0.39 is 14.9 Å². The third-order valence-electron chi connectivity index (χ3n) is 3.42. The third-order valence-corrected chi connectivity index (χ3v) is 18.6. The van der Waals surface area contributed by atoms with Crippen LogP contribution in [-0.2, 0) is 0 Å². The Morgan fingerprint density at radius 1 is 0.857 bits per heavy atom. The van der Waals surface area contributed by atoms with E-state index in [1.807, 2.05) is 0 Å². The van der Waals surface area contributed by atoms with E-state index >= 15 is 0 Å². The Hall–Kier alpha value is 0.307. The van der Waals surface area contributed by atoms with Crippen molar-refractivity contribution in [3.63, 3.8) is 0 Å². The van der Waals surface area contributed by atoms with Gasteiger partial charge in [-0.1, -0.05) is 0 Å². The first-order valence-corrected chi connectivity index (χ1v) is 9.72. The smallest absolute Gasteiger partial charge is 0.269 e.